The Labute approximate surface area is 118 Å². The third-order valence-corrected chi connectivity index (χ3v) is 3.21. The van der Waals surface area contributed by atoms with Crippen molar-refractivity contribution in [1.82, 2.24) is 4.98 Å². The number of aryl methyl sites for hydroxylation is 3. The number of amides is 1. The molecule has 1 heterocycles. The topological polar surface area (TPSA) is 62.2 Å². The standard InChI is InChI=1S/C16H18N2O2/c1-11-10-15(19)12(2)9-14(11)18-16(20)4-3-13-5-7-17-8-6-13/h5-10,19H,3-4H2,1-2H3,(H,18,20). The predicted molar refractivity (Wildman–Crippen MR) is 78.8 cm³/mol. The molecule has 1 aromatic carbocycles. The van der Waals surface area contributed by atoms with Gasteiger partial charge in [-0.15, -0.1) is 0 Å². The largest absolute Gasteiger partial charge is 0.508 e. The summed E-state index contributed by atoms with van der Waals surface area (Å²) in [6, 6.07) is 7.26. The minimum Gasteiger partial charge on any atom is -0.508 e. The highest BCUT2D eigenvalue weighted by atomic mass is 16.3. The third-order valence-electron chi connectivity index (χ3n) is 3.21. The van der Waals surface area contributed by atoms with Crippen molar-refractivity contribution in [2.24, 2.45) is 0 Å². The molecule has 0 radical (unpaired) electrons. The first-order valence-electron chi connectivity index (χ1n) is 6.55. The first kappa shape index (κ1) is 14.1. The van der Waals surface area contributed by atoms with E-state index in [-0.39, 0.29) is 11.7 Å². The number of carbonyl (C=O) groups excluding carboxylic acids is 1. The van der Waals surface area contributed by atoms with Crippen LogP contribution in [0.25, 0.3) is 0 Å². The lowest BCUT2D eigenvalue weighted by Crippen LogP contribution is -2.13. The smallest absolute Gasteiger partial charge is 0.224 e. The normalized spacial score (nSPS) is 10.3. The second-order valence-electron chi connectivity index (χ2n) is 4.86. The fourth-order valence-electron chi connectivity index (χ4n) is 1.96. The minimum atomic E-state index is -0.0324. The number of pyridine rings is 1. The number of nitrogens with zero attached hydrogens (tertiary/aromatic N) is 1. The third kappa shape index (κ3) is 3.57. The van der Waals surface area contributed by atoms with Crippen LogP contribution in [0.4, 0.5) is 5.69 Å². The van der Waals surface area contributed by atoms with Crippen LogP contribution in [0.3, 0.4) is 0 Å². The van der Waals surface area contributed by atoms with E-state index < -0.39 is 0 Å². The molecule has 104 valence electrons. The fraction of sp³-hybridized carbons (Fsp3) is 0.250. The molecule has 0 bridgehead atoms. The van der Waals surface area contributed by atoms with E-state index in [1.807, 2.05) is 19.1 Å². The molecule has 0 aliphatic carbocycles. The Bertz CT molecular complexity index is 609. The number of aromatic hydroxyl groups is 1. The van der Waals surface area contributed by atoms with Crippen molar-refractivity contribution in [3.63, 3.8) is 0 Å². The van der Waals surface area contributed by atoms with Crippen molar-refractivity contribution in [3.05, 3.63) is 53.3 Å². The maximum Gasteiger partial charge on any atom is 0.224 e. The van der Waals surface area contributed by atoms with Crippen LogP contribution in [-0.4, -0.2) is 16.0 Å². The molecular formula is C16H18N2O2. The van der Waals surface area contributed by atoms with Crippen molar-refractivity contribution >= 4 is 11.6 Å². The Morgan fingerprint density at radius 2 is 1.90 bits per heavy atom. The van der Waals surface area contributed by atoms with Gasteiger partial charge in [0, 0.05) is 24.5 Å². The van der Waals surface area contributed by atoms with E-state index in [1.54, 1.807) is 31.5 Å². The predicted octanol–water partition coefficient (Wildman–Crippen LogP) is 2.98. The molecule has 0 aliphatic rings. The van der Waals surface area contributed by atoms with E-state index in [1.165, 1.54) is 0 Å². The minimum absolute atomic E-state index is 0.0324. The van der Waals surface area contributed by atoms with Gasteiger partial charge >= 0.3 is 0 Å². The maximum atomic E-state index is 11.9. The number of carbonyl (C=O) groups is 1. The molecule has 0 fully saturated rings. The number of aromatic nitrogens is 1. The number of hydrogen-bond acceptors (Lipinski definition) is 3. The van der Waals surface area contributed by atoms with Gasteiger partial charge in [-0.2, -0.15) is 0 Å². The second-order valence-corrected chi connectivity index (χ2v) is 4.86. The Balaban J connectivity index is 1.97. The molecule has 20 heavy (non-hydrogen) atoms. The van der Waals surface area contributed by atoms with Gasteiger partial charge in [0.05, 0.1) is 0 Å². The summed E-state index contributed by atoms with van der Waals surface area (Å²) < 4.78 is 0. The van der Waals surface area contributed by atoms with Gasteiger partial charge < -0.3 is 10.4 Å². The first-order valence-corrected chi connectivity index (χ1v) is 6.55. The summed E-state index contributed by atoms with van der Waals surface area (Å²) >= 11 is 0. The van der Waals surface area contributed by atoms with Gasteiger partial charge in [-0.25, -0.2) is 0 Å². The van der Waals surface area contributed by atoms with Gasteiger partial charge in [-0.1, -0.05) is 0 Å². The van der Waals surface area contributed by atoms with Crippen molar-refractivity contribution < 1.29 is 9.90 Å². The summed E-state index contributed by atoms with van der Waals surface area (Å²) in [6.07, 6.45) is 4.55. The number of phenols is 1. The van der Waals surface area contributed by atoms with E-state index in [0.717, 1.165) is 22.4 Å². The van der Waals surface area contributed by atoms with Crippen LogP contribution in [0.5, 0.6) is 5.75 Å². The van der Waals surface area contributed by atoms with E-state index >= 15 is 0 Å². The molecule has 2 N–H and O–H groups in total. The van der Waals surface area contributed by atoms with Crippen LogP contribution in [0.15, 0.2) is 36.7 Å². The molecule has 1 aromatic heterocycles. The molecule has 4 nitrogen and oxygen atoms in total. The maximum absolute atomic E-state index is 11.9. The summed E-state index contributed by atoms with van der Waals surface area (Å²) in [6.45, 7) is 3.67. The van der Waals surface area contributed by atoms with Crippen LogP contribution in [0.2, 0.25) is 0 Å². The van der Waals surface area contributed by atoms with Gasteiger partial charge in [0.15, 0.2) is 0 Å². The first-order chi connectivity index (χ1) is 9.56. The van der Waals surface area contributed by atoms with Crippen LogP contribution >= 0.6 is 0 Å². The number of rotatable bonds is 4. The summed E-state index contributed by atoms with van der Waals surface area (Å²) in [4.78, 5) is 15.9. The van der Waals surface area contributed by atoms with Gasteiger partial charge in [-0.05, 0) is 61.2 Å². The molecular weight excluding hydrogens is 252 g/mol. The molecule has 0 saturated heterocycles. The van der Waals surface area contributed by atoms with Crippen LogP contribution < -0.4 is 5.32 Å². The van der Waals surface area contributed by atoms with E-state index in [2.05, 4.69) is 10.3 Å². The highest BCUT2D eigenvalue weighted by Gasteiger charge is 2.07. The lowest BCUT2D eigenvalue weighted by Gasteiger charge is -2.10. The highest BCUT2D eigenvalue weighted by Crippen LogP contribution is 2.25. The average molecular weight is 270 g/mol. The molecule has 0 aliphatic heterocycles. The molecule has 0 unspecified atom stereocenters. The molecule has 2 rings (SSSR count). The molecule has 0 saturated carbocycles. The van der Waals surface area contributed by atoms with Crippen molar-refractivity contribution in [2.45, 2.75) is 26.7 Å². The lowest BCUT2D eigenvalue weighted by atomic mass is 10.1. The molecule has 2 aromatic rings. The Morgan fingerprint density at radius 1 is 1.20 bits per heavy atom. The van der Waals surface area contributed by atoms with E-state index in [9.17, 15) is 9.90 Å². The van der Waals surface area contributed by atoms with E-state index in [0.29, 0.717) is 12.8 Å². The van der Waals surface area contributed by atoms with E-state index in [4.69, 9.17) is 0 Å². The average Bonchev–Trinajstić information content (AvgIpc) is 2.44. The number of benzene rings is 1. The summed E-state index contributed by atoms with van der Waals surface area (Å²) in [7, 11) is 0. The van der Waals surface area contributed by atoms with Crippen molar-refractivity contribution in [2.75, 3.05) is 5.32 Å². The molecule has 0 atom stereocenters. The van der Waals surface area contributed by atoms with Gasteiger partial charge in [-0.3, -0.25) is 9.78 Å². The number of anilines is 1. The number of phenolic OH excluding ortho intramolecular Hbond substituents is 1. The second kappa shape index (κ2) is 6.19. The summed E-state index contributed by atoms with van der Waals surface area (Å²) in [5, 5.41) is 12.5. The zero-order valence-electron chi connectivity index (χ0n) is 11.7. The van der Waals surface area contributed by atoms with Crippen LogP contribution in [-0.2, 0) is 11.2 Å². The van der Waals surface area contributed by atoms with Crippen LogP contribution in [0.1, 0.15) is 23.1 Å². The molecule has 0 spiro atoms. The zero-order valence-corrected chi connectivity index (χ0v) is 11.7. The Hall–Kier alpha value is -2.36. The SMILES string of the molecule is Cc1cc(NC(=O)CCc2ccncc2)c(C)cc1O. The summed E-state index contributed by atoms with van der Waals surface area (Å²) in [5.74, 6) is 0.215. The van der Waals surface area contributed by atoms with Gasteiger partial charge in [0.1, 0.15) is 5.75 Å². The molecule has 1 amide bonds. The zero-order chi connectivity index (χ0) is 14.5. The number of nitrogens with one attached hydrogen (secondary N) is 1. The monoisotopic (exact) mass is 270 g/mol. The Kier molecular flexibility index (Phi) is 4.35. The quantitative estimate of drug-likeness (QED) is 0.840. The molecule has 4 heteroatoms. The lowest BCUT2D eigenvalue weighted by molar-refractivity contribution is -0.116. The van der Waals surface area contributed by atoms with Gasteiger partial charge in [0.2, 0.25) is 5.91 Å². The number of hydrogen-bond donors (Lipinski definition) is 2. The highest BCUT2D eigenvalue weighted by molar-refractivity contribution is 5.91. The summed E-state index contributed by atoms with van der Waals surface area (Å²) in [5.41, 5.74) is 3.44. The van der Waals surface area contributed by atoms with Crippen molar-refractivity contribution in [1.29, 1.82) is 0 Å². The Morgan fingerprint density at radius 3 is 2.60 bits per heavy atom. The van der Waals surface area contributed by atoms with Crippen LogP contribution in [0, 0.1) is 13.8 Å². The van der Waals surface area contributed by atoms with Gasteiger partial charge in [0.25, 0.3) is 0 Å². The fourth-order valence-corrected chi connectivity index (χ4v) is 1.96. The van der Waals surface area contributed by atoms with Crippen molar-refractivity contribution in [3.8, 4) is 5.75 Å².